The van der Waals surface area contributed by atoms with Crippen LogP contribution in [0.2, 0.25) is 10.0 Å². The highest BCUT2D eigenvalue weighted by atomic mass is 35.5. The Bertz CT molecular complexity index is 982. The minimum Gasteiger partial charge on any atom is -0.463 e. The van der Waals surface area contributed by atoms with Crippen molar-refractivity contribution in [1.82, 2.24) is 20.0 Å². The van der Waals surface area contributed by atoms with Crippen molar-refractivity contribution < 1.29 is 13.9 Å². The van der Waals surface area contributed by atoms with Crippen LogP contribution in [0.25, 0.3) is 17.1 Å². The monoisotopic (exact) mass is 434 g/mol. The smallest absolute Gasteiger partial charge is 0.270 e. The van der Waals surface area contributed by atoms with E-state index < -0.39 is 0 Å². The number of carbonyl (C=O) groups excluding carboxylic acids is 1. The van der Waals surface area contributed by atoms with Crippen LogP contribution in [-0.2, 0) is 4.74 Å². The van der Waals surface area contributed by atoms with Gasteiger partial charge in [0, 0.05) is 32.2 Å². The van der Waals surface area contributed by atoms with Crippen molar-refractivity contribution in [3.05, 3.63) is 58.4 Å². The van der Waals surface area contributed by atoms with Crippen LogP contribution in [0.3, 0.4) is 0 Å². The number of ether oxygens (including phenoxy) is 1. The predicted octanol–water partition coefficient (Wildman–Crippen LogP) is 3.50. The molecular weight excluding hydrogens is 415 g/mol. The minimum absolute atomic E-state index is 0.227. The lowest BCUT2D eigenvalue weighted by Gasteiger charge is -2.26. The number of aromatic nitrogens is 2. The number of hydrogen-bond acceptors (Lipinski definition) is 5. The molecule has 2 aromatic heterocycles. The summed E-state index contributed by atoms with van der Waals surface area (Å²) in [5, 5.41) is 8.34. The highest BCUT2D eigenvalue weighted by molar-refractivity contribution is 6.42. The molecule has 1 fully saturated rings. The quantitative estimate of drug-likeness (QED) is 0.642. The number of furan rings is 1. The average molecular weight is 435 g/mol. The number of amides is 1. The van der Waals surface area contributed by atoms with Gasteiger partial charge in [0.25, 0.3) is 5.91 Å². The number of halogens is 2. The molecular formula is C20H20Cl2N4O3. The van der Waals surface area contributed by atoms with Crippen LogP contribution in [0.5, 0.6) is 0 Å². The molecule has 0 spiro atoms. The first kappa shape index (κ1) is 20.0. The number of rotatable bonds is 6. The zero-order valence-corrected chi connectivity index (χ0v) is 17.1. The van der Waals surface area contributed by atoms with Gasteiger partial charge in [-0.3, -0.25) is 9.69 Å². The van der Waals surface area contributed by atoms with Crippen LogP contribution in [0.4, 0.5) is 0 Å². The fourth-order valence-electron chi connectivity index (χ4n) is 3.14. The minimum atomic E-state index is -0.227. The molecule has 4 rings (SSSR count). The van der Waals surface area contributed by atoms with Crippen molar-refractivity contribution in [2.24, 2.45) is 0 Å². The maximum Gasteiger partial charge on any atom is 0.270 e. The molecule has 1 aromatic carbocycles. The predicted molar refractivity (Wildman–Crippen MR) is 111 cm³/mol. The van der Waals surface area contributed by atoms with Gasteiger partial charge in [-0.05, 0) is 30.3 Å². The Morgan fingerprint density at radius 2 is 1.97 bits per heavy atom. The van der Waals surface area contributed by atoms with Gasteiger partial charge in [0.15, 0.2) is 5.76 Å². The normalized spacial score (nSPS) is 14.8. The lowest BCUT2D eigenvalue weighted by Crippen LogP contribution is -2.41. The standard InChI is InChI=1S/C20H20Cl2N4O3/c21-15-4-3-14(12-16(15)22)26-18(13-17(24-26)19-2-1-9-29-19)20(27)23-5-6-25-7-10-28-11-8-25/h1-4,9,12-13H,5-8,10-11H2,(H,23,27). The molecule has 1 amide bonds. The maximum absolute atomic E-state index is 12.9. The number of hydrogen-bond donors (Lipinski definition) is 1. The molecule has 0 aliphatic carbocycles. The molecule has 0 bridgehead atoms. The third kappa shape index (κ3) is 4.64. The van der Waals surface area contributed by atoms with Crippen molar-refractivity contribution in [3.8, 4) is 17.1 Å². The van der Waals surface area contributed by atoms with E-state index in [4.69, 9.17) is 32.4 Å². The summed E-state index contributed by atoms with van der Waals surface area (Å²) in [6.07, 6.45) is 1.57. The third-order valence-electron chi connectivity index (χ3n) is 4.68. The van der Waals surface area contributed by atoms with E-state index in [1.54, 1.807) is 47.3 Å². The lowest BCUT2D eigenvalue weighted by atomic mass is 10.2. The Labute approximate surface area is 178 Å². The molecule has 7 nitrogen and oxygen atoms in total. The maximum atomic E-state index is 12.9. The number of benzene rings is 1. The van der Waals surface area contributed by atoms with E-state index in [-0.39, 0.29) is 5.91 Å². The van der Waals surface area contributed by atoms with E-state index in [1.807, 2.05) is 0 Å². The first-order valence-electron chi connectivity index (χ1n) is 9.29. The van der Waals surface area contributed by atoms with Gasteiger partial charge in [-0.25, -0.2) is 4.68 Å². The largest absolute Gasteiger partial charge is 0.463 e. The van der Waals surface area contributed by atoms with Gasteiger partial charge in [-0.15, -0.1) is 0 Å². The summed E-state index contributed by atoms with van der Waals surface area (Å²) >= 11 is 12.2. The summed E-state index contributed by atoms with van der Waals surface area (Å²) in [6.45, 7) is 4.50. The lowest BCUT2D eigenvalue weighted by molar-refractivity contribution is 0.0383. The summed E-state index contributed by atoms with van der Waals surface area (Å²) in [7, 11) is 0. The summed E-state index contributed by atoms with van der Waals surface area (Å²) < 4.78 is 12.3. The van der Waals surface area contributed by atoms with Crippen LogP contribution in [0.1, 0.15) is 10.5 Å². The molecule has 3 aromatic rings. The molecule has 1 saturated heterocycles. The van der Waals surface area contributed by atoms with Gasteiger partial charge < -0.3 is 14.5 Å². The SMILES string of the molecule is O=C(NCCN1CCOCC1)c1cc(-c2ccco2)nn1-c1ccc(Cl)c(Cl)c1. The molecule has 1 N–H and O–H groups in total. The van der Waals surface area contributed by atoms with Crippen molar-refractivity contribution >= 4 is 29.1 Å². The van der Waals surface area contributed by atoms with E-state index in [0.29, 0.717) is 39.4 Å². The summed E-state index contributed by atoms with van der Waals surface area (Å²) in [4.78, 5) is 15.2. The Hall–Kier alpha value is -2.32. The Balaban J connectivity index is 1.56. The number of morpholine rings is 1. The third-order valence-corrected chi connectivity index (χ3v) is 5.42. The van der Waals surface area contributed by atoms with Crippen LogP contribution in [0.15, 0.2) is 47.1 Å². The van der Waals surface area contributed by atoms with E-state index in [1.165, 1.54) is 0 Å². The van der Waals surface area contributed by atoms with Gasteiger partial charge in [-0.1, -0.05) is 23.2 Å². The molecule has 0 unspecified atom stereocenters. The van der Waals surface area contributed by atoms with Crippen LogP contribution >= 0.6 is 23.2 Å². The van der Waals surface area contributed by atoms with Gasteiger partial charge in [0.1, 0.15) is 11.4 Å². The van der Waals surface area contributed by atoms with Gasteiger partial charge in [-0.2, -0.15) is 5.10 Å². The van der Waals surface area contributed by atoms with Gasteiger partial charge in [0.05, 0.1) is 35.2 Å². The van der Waals surface area contributed by atoms with Crippen molar-refractivity contribution in [3.63, 3.8) is 0 Å². The molecule has 0 radical (unpaired) electrons. The van der Waals surface area contributed by atoms with E-state index in [0.717, 1.165) is 32.8 Å². The fourth-order valence-corrected chi connectivity index (χ4v) is 3.44. The highest BCUT2D eigenvalue weighted by Crippen LogP contribution is 2.27. The van der Waals surface area contributed by atoms with Crippen LogP contribution < -0.4 is 5.32 Å². The second-order valence-electron chi connectivity index (χ2n) is 6.61. The van der Waals surface area contributed by atoms with Crippen LogP contribution in [-0.4, -0.2) is 60.0 Å². The molecule has 0 saturated carbocycles. The Morgan fingerprint density at radius 1 is 1.14 bits per heavy atom. The van der Waals surface area contributed by atoms with E-state index >= 15 is 0 Å². The second-order valence-corrected chi connectivity index (χ2v) is 7.43. The van der Waals surface area contributed by atoms with Crippen molar-refractivity contribution in [2.45, 2.75) is 0 Å². The van der Waals surface area contributed by atoms with Gasteiger partial charge in [0.2, 0.25) is 0 Å². The first-order chi connectivity index (χ1) is 14.1. The summed E-state index contributed by atoms with van der Waals surface area (Å²) in [6, 6.07) is 10.4. The molecule has 29 heavy (non-hydrogen) atoms. The Kier molecular flexibility index (Phi) is 6.20. The van der Waals surface area contributed by atoms with Crippen molar-refractivity contribution in [1.29, 1.82) is 0 Å². The second kappa shape index (κ2) is 9.00. The van der Waals surface area contributed by atoms with Gasteiger partial charge >= 0.3 is 0 Å². The zero-order chi connectivity index (χ0) is 20.2. The highest BCUT2D eigenvalue weighted by Gasteiger charge is 2.19. The molecule has 3 heterocycles. The number of nitrogens with zero attached hydrogens (tertiary/aromatic N) is 3. The summed E-state index contributed by atoms with van der Waals surface area (Å²) in [5.74, 6) is 0.348. The average Bonchev–Trinajstić information content (AvgIpc) is 3.40. The van der Waals surface area contributed by atoms with Crippen LogP contribution in [0, 0.1) is 0 Å². The van der Waals surface area contributed by atoms with Crippen molar-refractivity contribution in [2.75, 3.05) is 39.4 Å². The molecule has 1 aliphatic rings. The van der Waals surface area contributed by atoms with E-state index in [9.17, 15) is 4.79 Å². The number of nitrogens with one attached hydrogen (secondary N) is 1. The number of carbonyl (C=O) groups is 1. The first-order valence-corrected chi connectivity index (χ1v) is 10.0. The summed E-state index contributed by atoms with van der Waals surface area (Å²) in [5.41, 5.74) is 1.58. The fraction of sp³-hybridized carbons (Fsp3) is 0.300. The zero-order valence-electron chi connectivity index (χ0n) is 15.6. The molecule has 1 aliphatic heterocycles. The molecule has 152 valence electrons. The molecule has 0 atom stereocenters. The van der Waals surface area contributed by atoms with E-state index in [2.05, 4.69) is 15.3 Å². The molecule has 9 heteroatoms. The Morgan fingerprint density at radius 3 is 2.69 bits per heavy atom. The topological polar surface area (TPSA) is 72.5 Å².